The molecule has 90 valence electrons. The van der Waals surface area contributed by atoms with Crippen LogP contribution < -0.4 is 11.1 Å². The quantitative estimate of drug-likeness (QED) is 0.751. The molecule has 1 heterocycles. The zero-order valence-corrected chi connectivity index (χ0v) is 9.48. The van der Waals surface area contributed by atoms with Crippen molar-refractivity contribution < 1.29 is 9.59 Å². The fourth-order valence-electron chi connectivity index (χ4n) is 1.88. The van der Waals surface area contributed by atoms with Crippen LogP contribution in [0.3, 0.4) is 0 Å². The lowest BCUT2D eigenvalue weighted by molar-refractivity contribution is -0.121. The second kappa shape index (κ2) is 4.97. The van der Waals surface area contributed by atoms with Gasteiger partial charge in [0.15, 0.2) is 0 Å². The van der Waals surface area contributed by atoms with Crippen molar-refractivity contribution in [2.75, 3.05) is 19.6 Å². The maximum Gasteiger partial charge on any atom is 0.254 e. The predicted molar refractivity (Wildman–Crippen MR) is 63.2 cm³/mol. The average Bonchev–Trinajstić information content (AvgIpc) is 2.64. The second-order valence-electron chi connectivity index (χ2n) is 3.96. The van der Waals surface area contributed by atoms with E-state index in [1.54, 1.807) is 6.07 Å². The van der Waals surface area contributed by atoms with Gasteiger partial charge in [0.25, 0.3) is 5.91 Å². The lowest BCUT2D eigenvalue weighted by atomic mass is 10.1. The number of carbonyl (C=O) groups is 2. The van der Waals surface area contributed by atoms with E-state index in [1.807, 2.05) is 18.2 Å². The minimum absolute atomic E-state index is 0.0801. The summed E-state index contributed by atoms with van der Waals surface area (Å²) in [5, 5.41) is 2.65. The number of carbonyl (C=O) groups excluding carboxylic acids is 2. The first-order valence-corrected chi connectivity index (χ1v) is 5.56. The van der Waals surface area contributed by atoms with Crippen LogP contribution in [0, 0.1) is 0 Å². The number of nitrogens with zero attached hydrogens (tertiary/aromatic N) is 1. The molecular formula is C12H15N3O2. The SMILES string of the molecule is NCCNC(=O)CN1Cc2ccccc2C1=O. The highest BCUT2D eigenvalue weighted by atomic mass is 16.2. The van der Waals surface area contributed by atoms with Gasteiger partial charge in [0.05, 0.1) is 0 Å². The zero-order valence-electron chi connectivity index (χ0n) is 9.48. The first-order chi connectivity index (χ1) is 8.22. The first-order valence-electron chi connectivity index (χ1n) is 5.56. The number of nitrogens with one attached hydrogen (secondary N) is 1. The van der Waals surface area contributed by atoms with Crippen LogP contribution in [0.5, 0.6) is 0 Å². The van der Waals surface area contributed by atoms with E-state index in [4.69, 9.17) is 5.73 Å². The molecule has 1 aliphatic rings. The fourth-order valence-corrected chi connectivity index (χ4v) is 1.88. The van der Waals surface area contributed by atoms with E-state index in [2.05, 4.69) is 5.32 Å². The van der Waals surface area contributed by atoms with Gasteiger partial charge in [-0.2, -0.15) is 0 Å². The van der Waals surface area contributed by atoms with E-state index in [9.17, 15) is 9.59 Å². The summed E-state index contributed by atoms with van der Waals surface area (Å²) in [6.45, 7) is 1.44. The van der Waals surface area contributed by atoms with Crippen molar-refractivity contribution in [2.45, 2.75) is 6.54 Å². The molecule has 5 heteroatoms. The van der Waals surface area contributed by atoms with Gasteiger partial charge in [0.1, 0.15) is 6.54 Å². The number of hydrogen-bond acceptors (Lipinski definition) is 3. The highest BCUT2D eigenvalue weighted by molar-refractivity contribution is 6.00. The number of fused-ring (bicyclic) bond motifs is 1. The van der Waals surface area contributed by atoms with Crippen LogP contribution in [0.25, 0.3) is 0 Å². The molecule has 1 aliphatic heterocycles. The van der Waals surface area contributed by atoms with Crippen molar-refractivity contribution >= 4 is 11.8 Å². The molecule has 0 saturated carbocycles. The van der Waals surface area contributed by atoms with Crippen LogP contribution in [0.2, 0.25) is 0 Å². The van der Waals surface area contributed by atoms with Crippen LogP contribution in [-0.2, 0) is 11.3 Å². The standard InChI is InChI=1S/C12H15N3O2/c13-5-6-14-11(16)8-15-7-9-3-1-2-4-10(9)12(15)17/h1-4H,5-8,13H2,(H,14,16). The van der Waals surface area contributed by atoms with Gasteiger partial charge in [0, 0.05) is 25.2 Å². The Kier molecular flexibility index (Phi) is 3.39. The van der Waals surface area contributed by atoms with Crippen LogP contribution in [-0.4, -0.2) is 36.3 Å². The Balaban J connectivity index is 1.98. The fraction of sp³-hybridized carbons (Fsp3) is 0.333. The molecule has 1 aromatic carbocycles. The van der Waals surface area contributed by atoms with Gasteiger partial charge in [-0.3, -0.25) is 9.59 Å². The molecule has 0 saturated heterocycles. The van der Waals surface area contributed by atoms with Crippen LogP contribution in [0.4, 0.5) is 0 Å². The highest BCUT2D eigenvalue weighted by Gasteiger charge is 2.27. The topological polar surface area (TPSA) is 75.4 Å². The summed E-state index contributed by atoms with van der Waals surface area (Å²) in [5.74, 6) is -0.250. The number of benzene rings is 1. The van der Waals surface area contributed by atoms with E-state index in [-0.39, 0.29) is 18.4 Å². The maximum absolute atomic E-state index is 11.9. The molecule has 0 fully saturated rings. The molecule has 0 aliphatic carbocycles. The lowest BCUT2D eigenvalue weighted by Crippen LogP contribution is -2.39. The van der Waals surface area contributed by atoms with Crippen molar-refractivity contribution in [1.29, 1.82) is 0 Å². The Morgan fingerprint density at radius 1 is 1.41 bits per heavy atom. The predicted octanol–water partition coefficient (Wildman–Crippen LogP) is -0.283. The highest BCUT2D eigenvalue weighted by Crippen LogP contribution is 2.21. The summed E-state index contributed by atoms with van der Waals surface area (Å²) in [6, 6.07) is 7.42. The van der Waals surface area contributed by atoms with Crippen LogP contribution in [0.15, 0.2) is 24.3 Å². The van der Waals surface area contributed by atoms with Crippen molar-refractivity contribution in [3.8, 4) is 0 Å². The molecule has 2 rings (SSSR count). The van der Waals surface area contributed by atoms with Crippen molar-refractivity contribution in [3.05, 3.63) is 35.4 Å². The summed E-state index contributed by atoms with van der Waals surface area (Å²) in [6.07, 6.45) is 0. The largest absolute Gasteiger partial charge is 0.353 e. The summed E-state index contributed by atoms with van der Waals surface area (Å²) in [4.78, 5) is 25.0. The molecule has 2 amide bonds. The Hall–Kier alpha value is -1.88. The molecule has 17 heavy (non-hydrogen) atoms. The van der Waals surface area contributed by atoms with Crippen LogP contribution in [0.1, 0.15) is 15.9 Å². The van der Waals surface area contributed by atoms with Gasteiger partial charge in [-0.05, 0) is 11.6 Å². The van der Waals surface area contributed by atoms with Gasteiger partial charge >= 0.3 is 0 Å². The zero-order chi connectivity index (χ0) is 12.3. The molecule has 0 unspecified atom stereocenters. The molecule has 0 atom stereocenters. The minimum atomic E-state index is -0.170. The molecule has 5 nitrogen and oxygen atoms in total. The van der Waals surface area contributed by atoms with Gasteiger partial charge in [0.2, 0.25) is 5.91 Å². The normalized spacial score (nSPS) is 13.7. The molecule has 1 aromatic rings. The smallest absolute Gasteiger partial charge is 0.254 e. The summed E-state index contributed by atoms with van der Waals surface area (Å²) in [5.41, 5.74) is 6.96. The van der Waals surface area contributed by atoms with Gasteiger partial charge in [-0.15, -0.1) is 0 Å². The molecule has 0 radical (unpaired) electrons. The van der Waals surface area contributed by atoms with E-state index < -0.39 is 0 Å². The Morgan fingerprint density at radius 3 is 2.88 bits per heavy atom. The van der Waals surface area contributed by atoms with Crippen molar-refractivity contribution in [2.24, 2.45) is 5.73 Å². The Labute approximate surface area is 99.6 Å². The van der Waals surface area contributed by atoms with Crippen molar-refractivity contribution in [3.63, 3.8) is 0 Å². The van der Waals surface area contributed by atoms with Gasteiger partial charge < -0.3 is 16.0 Å². The van der Waals surface area contributed by atoms with E-state index in [0.717, 1.165) is 5.56 Å². The third kappa shape index (κ3) is 2.45. The monoisotopic (exact) mass is 233 g/mol. The van der Waals surface area contributed by atoms with Crippen LogP contribution >= 0.6 is 0 Å². The average molecular weight is 233 g/mol. The molecular weight excluding hydrogens is 218 g/mol. The number of rotatable bonds is 4. The molecule has 0 aromatic heterocycles. The minimum Gasteiger partial charge on any atom is -0.353 e. The number of nitrogens with two attached hydrogens (primary N) is 1. The Bertz CT molecular complexity index is 445. The number of amides is 2. The number of hydrogen-bond donors (Lipinski definition) is 2. The Morgan fingerprint density at radius 2 is 2.18 bits per heavy atom. The summed E-state index contributed by atoms with van der Waals surface area (Å²) < 4.78 is 0. The maximum atomic E-state index is 11.9. The third-order valence-corrected chi connectivity index (χ3v) is 2.70. The van der Waals surface area contributed by atoms with E-state index in [0.29, 0.717) is 25.2 Å². The first kappa shape index (κ1) is 11.6. The lowest BCUT2D eigenvalue weighted by Gasteiger charge is -2.14. The molecule has 0 bridgehead atoms. The second-order valence-corrected chi connectivity index (χ2v) is 3.96. The third-order valence-electron chi connectivity index (χ3n) is 2.70. The summed E-state index contributed by atoms with van der Waals surface area (Å²) in [7, 11) is 0. The molecule has 3 N–H and O–H groups in total. The van der Waals surface area contributed by atoms with E-state index >= 15 is 0 Å². The van der Waals surface area contributed by atoms with Gasteiger partial charge in [-0.1, -0.05) is 18.2 Å². The van der Waals surface area contributed by atoms with Gasteiger partial charge in [-0.25, -0.2) is 0 Å². The summed E-state index contributed by atoms with van der Waals surface area (Å²) >= 11 is 0. The molecule has 0 spiro atoms. The van der Waals surface area contributed by atoms with Crippen molar-refractivity contribution in [1.82, 2.24) is 10.2 Å². The van der Waals surface area contributed by atoms with E-state index in [1.165, 1.54) is 4.90 Å².